The lowest BCUT2D eigenvalue weighted by Crippen LogP contribution is -2.25. The van der Waals surface area contributed by atoms with Gasteiger partial charge in [-0.05, 0) is 51.8 Å². The van der Waals surface area contributed by atoms with Crippen molar-refractivity contribution in [3.8, 4) is 0 Å². The molecule has 0 amide bonds. The summed E-state index contributed by atoms with van der Waals surface area (Å²) in [5.74, 6) is 0. The van der Waals surface area contributed by atoms with Crippen molar-refractivity contribution in [1.29, 1.82) is 0 Å². The van der Waals surface area contributed by atoms with Gasteiger partial charge in [-0.15, -0.1) is 0 Å². The Morgan fingerprint density at radius 2 is 1.83 bits per heavy atom. The molecule has 0 fully saturated rings. The summed E-state index contributed by atoms with van der Waals surface area (Å²) in [7, 11) is 1.92. The molecule has 0 saturated heterocycles. The van der Waals surface area contributed by atoms with Gasteiger partial charge in [0.2, 0.25) is 0 Å². The van der Waals surface area contributed by atoms with Crippen molar-refractivity contribution in [3.05, 3.63) is 56.9 Å². The van der Waals surface area contributed by atoms with Crippen LogP contribution >= 0.6 is 0 Å². The average Bonchev–Trinajstić information content (AvgIpc) is 2.76. The smallest absolute Gasteiger partial charge is 0.261 e. The van der Waals surface area contributed by atoms with Crippen LogP contribution in [0.15, 0.2) is 23.3 Å². The fourth-order valence-electron chi connectivity index (χ4n) is 3.26. The molecular formula is C18H22N4O. The SMILES string of the molecule is Cc1ccc2c(=O)n([C@H](C)c3c(C)nn(C)c3C)cnc2c1C. The predicted molar refractivity (Wildman–Crippen MR) is 92.0 cm³/mol. The fraction of sp³-hybridized carbons (Fsp3) is 0.389. The lowest BCUT2D eigenvalue weighted by molar-refractivity contribution is 0.601. The van der Waals surface area contributed by atoms with Crippen molar-refractivity contribution < 1.29 is 0 Å². The van der Waals surface area contributed by atoms with Crippen LogP contribution in [0, 0.1) is 27.7 Å². The monoisotopic (exact) mass is 310 g/mol. The summed E-state index contributed by atoms with van der Waals surface area (Å²) in [6.45, 7) is 10.1. The summed E-state index contributed by atoms with van der Waals surface area (Å²) in [5, 5.41) is 5.12. The number of aromatic nitrogens is 4. The zero-order valence-corrected chi connectivity index (χ0v) is 14.5. The Labute approximate surface area is 135 Å². The first-order valence-electron chi connectivity index (χ1n) is 7.80. The molecule has 0 N–H and O–H groups in total. The van der Waals surface area contributed by atoms with E-state index in [0.717, 1.165) is 33.6 Å². The Kier molecular flexibility index (Phi) is 3.59. The second kappa shape index (κ2) is 5.33. The van der Waals surface area contributed by atoms with Crippen LogP contribution in [0.5, 0.6) is 0 Å². The van der Waals surface area contributed by atoms with E-state index in [1.54, 1.807) is 10.9 Å². The standard InChI is InChI=1S/C18H22N4O/c1-10-7-8-15-17(11(10)2)19-9-22(18(15)23)14(5)16-12(3)20-21(6)13(16)4/h7-9,14H,1-6H3/t14-/m1/s1. The first-order valence-corrected chi connectivity index (χ1v) is 7.80. The molecule has 0 bridgehead atoms. The summed E-state index contributed by atoms with van der Waals surface area (Å²) < 4.78 is 3.56. The maximum atomic E-state index is 12.9. The zero-order chi connectivity index (χ0) is 16.9. The van der Waals surface area contributed by atoms with Crippen LogP contribution in [-0.2, 0) is 7.05 Å². The minimum atomic E-state index is -0.102. The van der Waals surface area contributed by atoms with Crippen LogP contribution in [-0.4, -0.2) is 19.3 Å². The van der Waals surface area contributed by atoms with E-state index in [2.05, 4.69) is 10.1 Å². The molecule has 1 aromatic carbocycles. The summed E-state index contributed by atoms with van der Waals surface area (Å²) in [6.07, 6.45) is 1.66. The summed E-state index contributed by atoms with van der Waals surface area (Å²) in [5.41, 5.74) is 6.10. The van der Waals surface area contributed by atoms with E-state index in [-0.39, 0.29) is 11.6 Å². The van der Waals surface area contributed by atoms with E-state index in [9.17, 15) is 4.79 Å². The van der Waals surface area contributed by atoms with Crippen molar-refractivity contribution in [2.45, 2.75) is 40.7 Å². The molecule has 5 heteroatoms. The quantitative estimate of drug-likeness (QED) is 0.731. The molecule has 0 aliphatic carbocycles. The van der Waals surface area contributed by atoms with Gasteiger partial charge >= 0.3 is 0 Å². The predicted octanol–water partition coefficient (Wildman–Crippen LogP) is 2.97. The van der Waals surface area contributed by atoms with Gasteiger partial charge in [-0.1, -0.05) is 6.07 Å². The summed E-state index contributed by atoms with van der Waals surface area (Å²) in [6, 6.07) is 3.75. The van der Waals surface area contributed by atoms with E-state index in [4.69, 9.17) is 0 Å². The van der Waals surface area contributed by atoms with Gasteiger partial charge in [-0.25, -0.2) is 4.98 Å². The van der Waals surface area contributed by atoms with Gasteiger partial charge in [-0.3, -0.25) is 14.0 Å². The highest BCUT2D eigenvalue weighted by Crippen LogP contribution is 2.24. The molecule has 3 rings (SSSR count). The molecule has 2 heterocycles. The third-order valence-corrected chi connectivity index (χ3v) is 4.88. The first-order chi connectivity index (χ1) is 10.8. The maximum absolute atomic E-state index is 12.9. The van der Waals surface area contributed by atoms with Crippen molar-refractivity contribution >= 4 is 10.9 Å². The number of hydrogen-bond donors (Lipinski definition) is 0. The number of rotatable bonds is 2. The molecule has 0 aliphatic heterocycles. The molecule has 23 heavy (non-hydrogen) atoms. The van der Waals surface area contributed by atoms with Crippen LogP contribution in [0.1, 0.15) is 41.0 Å². The Balaban J connectivity index is 2.23. The number of fused-ring (bicyclic) bond motifs is 1. The minimum Gasteiger partial charge on any atom is -0.291 e. The molecule has 0 unspecified atom stereocenters. The molecule has 0 aliphatic rings. The molecule has 5 nitrogen and oxygen atoms in total. The fourth-order valence-corrected chi connectivity index (χ4v) is 3.26. The largest absolute Gasteiger partial charge is 0.291 e. The topological polar surface area (TPSA) is 52.7 Å². The van der Waals surface area contributed by atoms with Gasteiger partial charge in [0, 0.05) is 18.3 Å². The van der Waals surface area contributed by atoms with Gasteiger partial charge in [0.05, 0.1) is 29.0 Å². The maximum Gasteiger partial charge on any atom is 0.261 e. The lowest BCUT2D eigenvalue weighted by Gasteiger charge is -2.17. The number of aryl methyl sites for hydroxylation is 4. The van der Waals surface area contributed by atoms with Crippen LogP contribution in [0.25, 0.3) is 10.9 Å². The summed E-state index contributed by atoms with van der Waals surface area (Å²) in [4.78, 5) is 17.5. The third kappa shape index (κ3) is 2.27. The Hall–Kier alpha value is -2.43. The molecule has 0 radical (unpaired) electrons. The van der Waals surface area contributed by atoms with E-state index in [1.165, 1.54) is 0 Å². The highest BCUT2D eigenvalue weighted by atomic mass is 16.1. The van der Waals surface area contributed by atoms with Gasteiger partial charge in [-0.2, -0.15) is 5.10 Å². The van der Waals surface area contributed by atoms with Crippen molar-refractivity contribution in [2.24, 2.45) is 7.05 Å². The number of nitrogens with zero attached hydrogens (tertiary/aromatic N) is 4. The van der Waals surface area contributed by atoms with Crippen LogP contribution in [0.2, 0.25) is 0 Å². The van der Waals surface area contributed by atoms with Gasteiger partial charge < -0.3 is 0 Å². The van der Waals surface area contributed by atoms with Crippen LogP contribution in [0.4, 0.5) is 0 Å². The third-order valence-electron chi connectivity index (χ3n) is 4.88. The lowest BCUT2D eigenvalue weighted by atomic mass is 10.0. The van der Waals surface area contributed by atoms with Gasteiger partial charge in [0.25, 0.3) is 5.56 Å². The van der Waals surface area contributed by atoms with E-state index >= 15 is 0 Å². The second-order valence-electron chi connectivity index (χ2n) is 6.24. The van der Waals surface area contributed by atoms with E-state index < -0.39 is 0 Å². The molecular weight excluding hydrogens is 288 g/mol. The summed E-state index contributed by atoms with van der Waals surface area (Å²) >= 11 is 0. The zero-order valence-electron chi connectivity index (χ0n) is 14.5. The Bertz CT molecular complexity index is 965. The van der Waals surface area contributed by atoms with E-state index in [1.807, 2.05) is 58.5 Å². The second-order valence-corrected chi connectivity index (χ2v) is 6.24. The normalized spacial score (nSPS) is 12.8. The van der Waals surface area contributed by atoms with E-state index in [0.29, 0.717) is 5.39 Å². The molecule has 120 valence electrons. The van der Waals surface area contributed by atoms with Crippen LogP contribution < -0.4 is 5.56 Å². The number of benzene rings is 1. The molecule has 1 atom stereocenters. The number of hydrogen-bond acceptors (Lipinski definition) is 3. The molecule has 2 aromatic heterocycles. The molecule has 0 spiro atoms. The highest BCUT2D eigenvalue weighted by molar-refractivity contribution is 5.81. The van der Waals surface area contributed by atoms with Crippen molar-refractivity contribution in [3.63, 3.8) is 0 Å². The first kappa shape index (κ1) is 15.5. The molecule has 0 saturated carbocycles. The van der Waals surface area contributed by atoms with Crippen molar-refractivity contribution in [1.82, 2.24) is 19.3 Å². The van der Waals surface area contributed by atoms with Crippen molar-refractivity contribution in [2.75, 3.05) is 0 Å². The van der Waals surface area contributed by atoms with Gasteiger partial charge in [0.15, 0.2) is 0 Å². The molecule has 3 aromatic rings. The average molecular weight is 310 g/mol. The Morgan fingerprint density at radius 3 is 2.43 bits per heavy atom. The van der Waals surface area contributed by atoms with Crippen LogP contribution in [0.3, 0.4) is 0 Å². The minimum absolute atomic E-state index is 0.00625. The Morgan fingerprint density at radius 1 is 1.13 bits per heavy atom. The van der Waals surface area contributed by atoms with Gasteiger partial charge in [0.1, 0.15) is 0 Å². The highest BCUT2D eigenvalue weighted by Gasteiger charge is 2.20.